The Morgan fingerprint density at radius 2 is 2.00 bits per heavy atom. The van der Waals surface area contributed by atoms with Gasteiger partial charge in [0.15, 0.2) is 0 Å². The molecule has 3 aromatic rings. The van der Waals surface area contributed by atoms with Gasteiger partial charge in [-0.15, -0.1) is 0 Å². The van der Waals surface area contributed by atoms with Crippen LogP contribution >= 0.6 is 11.8 Å². The number of H-pyrrole nitrogens is 1. The first-order valence-corrected chi connectivity index (χ1v) is 10.2. The van der Waals surface area contributed by atoms with E-state index in [1.165, 1.54) is 22.8 Å². The number of thioether (sulfide) groups is 1. The van der Waals surface area contributed by atoms with Crippen molar-refractivity contribution in [2.45, 2.75) is 12.2 Å². The van der Waals surface area contributed by atoms with Crippen molar-refractivity contribution in [3.63, 3.8) is 0 Å². The first-order chi connectivity index (χ1) is 12.8. The fraction of sp³-hybridized carbons (Fsp3) is 0.273. The smallest absolute Gasteiger partial charge is 0.123 e. The molecule has 4 heteroatoms. The van der Waals surface area contributed by atoms with Gasteiger partial charge >= 0.3 is 0 Å². The Bertz CT molecular complexity index is 901. The van der Waals surface area contributed by atoms with Gasteiger partial charge in [-0.3, -0.25) is 4.90 Å². The highest BCUT2D eigenvalue weighted by Crippen LogP contribution is 2.25. The normalized spacial score (nSPS) is 15.3. The van der Waals surface area contributed by atoms with Crippen LogP contribution in [0.5, 0.6) is 0 Å². The number of hydrogen-bond acceptors (Lipinski definition) is 2. The third-order valence-electron chi connectivity index (χ3n) is 4.98. The molecule has 2 nitrogen and oxygen atoms in total. The van der Waals surface area contributed by atoms with E-state index in [0.717, 1.165) is 48.5 Å². The molecule has 0 bridgehead atoms. The standard InChI is InChI=1S/C22H23FN2S/c23-20-6-7-22-21(14-20)19(15-24-22)16-26-13-12-25-10-8-18(9-11-25)17-4-2-1-3-5-17/h1-8,14-15,24H,9-13,16H2. The van der Waals surface area contributed by atoms with E-state index in [0.29, 0.717) is 0 Å². The molecular formula is C22H23FN2S. The summed E-state index contributed by atoms with van der Waals surface area (Å²) in [6, 6.07) is 15.6. The second kappa shape index (κ2) is 8.11. The van der Waals surface area contributed by atoms with Gasteiger partial charge in [0.25, 0.3) is 0 Å². The third-order valence-corrected chi connectivity index (χ3v) is 5.96. The average Bonchev–Trinajstić information content (AvgIpc) is 3.08. The number of hydrogen-bond donors (Lipinski definition) is 1. The second-order valence-corrected chi connectivity index (χ2v) is 7.81. The number of halogens is 1. The highest BCUT2D eigenvalue weighted by atomic mass is 32.2. The fourth-order valence-corrected chi connectivity index (χ4v) is 4.46. The van der Waals surface area contributed by atoms with Gasteiger partial charge in [0.1, 0.15) is 5.82 Å². The number of rotatable bonds is 6. The molecule has 0 spiro atoms. The van der Waals surface area contributed by atoms with Crippen molar-refractivity contribution < 1.29 is 4.39 Å². The topological polar surface area (TPSA) is 19.0 Å². The molecule has 1 aromatic heterocycles. The predicted molar refractivity (Wildman–Crippen MR) is 110 cm³/mol. The van der Waals surface area contributed by atoms with Crippen molar-refractivity contribution in [3.8, 4) is 0 Å². The van der Waals surface area contributed by atoms with Crippen LogP contribution in [0.1, 0.15) is 17.5 Å². The van der Waals surface area contributed by atoms with E-state index in [4.69, 9.17) is 0 Å². The number of aromatic nitrogens is 1. The number of nitrogens with zero attached hydrogens (tertiary/aromatic N) is 1. The maximum atomic E-state index is 13.4. The molecule has 26 heavy (non-hydrogen) atoms. The summed E-state index contributed by atoms with van der Waals surface area (Å²) in [6.45, 7) is 3.25. The quantitative estimate of drug-likeness (QED) is 0.595. The molecule has 0 saturated heterocycles. The minimum Gasteiger partial charge on any atom is -0.361 e. The lowest BCUT2D eigenvalue weighted by atomic mass is 10.00. The number of aromatic amines is 1. The SMILES string of the molecule is Fc1ccc2[nH]cc(CSCCN3CC=C(c4ccccc4)CC3)c2c1. The molecular weight excluding hydrogens is 343 g/mol. The van der Waals surface area contributed by atoms with Crippen LogP contribution in [0.15, 0.2) is 60.8 Å². The van der Waals surface area contributed by atoms with E-state index in [2.05, 4.69) is 46.3 Å². The second-order valence-electron chi connectivity index (χ2n) is 6.70. The van der Waals surface area contributed by atoms with Crippen LogP contribution in [0.25, 0.3) is 16.5 Å². The Labute approximate surface area is 158 Å². The maximum Gasteiger partial charge on any atom is 0.123 e. The van der Waals surface area contributed by atoms with Crippen LogP contribution in [-0.4, -0.2) is 35.3 Å². The minimum atomic E-state index is -0.169. The van der Waals surface area contributed by atoms with Crippen LogP contribution < -0.4 is 0 Å². The van der Waals surface area contributed by atoms with Gasteiger partial charge < -0.3 is 4.98 Å². The van der Waals surface area contributed by atoms with E-state index in [1.54, 1.807) is 6.07 Å². The number of fused-ring (bicyclic) bond motifs is 1. The first kappa shape index (κ1) is 17.4. The Hall–Kier alpha value is -2.04. The zero-order valence-electron chi connectivity index (χ0n) is 14.7. The average molecular weight is 367 g/mol. The van der Waals surface area contributed by atoms with Crippen LogP contribution in [0.3, 0.4) is 0 Å². The highest BCUT2D eigenvalue weighted by molar-refractivity contribution is 7.98. The third kappa shape index (κ3) is 4.02. The molecule has 134 valence electrons. The summed E-state index contributed by atoms with van der Waals surface area (Å²) < 4.78 is 13.4. The van der Waals surface area contributed by atoms with Crippen molar-refractivity contribution in [3.05, 3.63) is 77.7 Å². The van der Waals surface area contributed by atoms with Gasteiger partial charge in [-0.05, 0) is 41.3 Å². The minimum absolute atomic E-state index is 0.169. The van der Waals surface area contributed by atoms with Crippen molar-refractivity contribution in [2.75, 3.05) is 25.4 Å². The lowest BCUT2D eigenvalue weighted by Crippen LogP contribution is -2.30. The van der Waals surface area contributed by atoms with E-state index >= 15 is 0 Å². The van der Waals surface area contributed by atoms with Crippen molar-refractivity contribution in [1.29, 1.82) is 0 Å². The van der Waals surface area contributed by atoms with Crippen LogP contribution in [-0.2, 0) is 5.75 Å². The van der Waals surface area contributed by atoms with E-state index in [-0.39, 0.29) is 5.82 Å². The van der Waals surface area contributed by atoms with E-state index in [9.17, 15) is 4.39 Å². The van der Waals surface area contributed by atoms with E-state index in [1.807, 2.05) is 24.0 Å². The van der Waals surface area contributed by atoms with E-state index < -0.39 is 0 Å². The largest absolute Gasteiger partial charge is 0.361 e. The molecule has 1 aliphatic heterocycles. The Morgan fingerprint density at radius 3 is 2.81 bits per heavy atom. The van der Waals surface area contributed by atoms with Gasteiger partial charge in [-0.1, -0.05) is 36.4 Å². The molecule has 1 N–H and O–H groups in total. The van der Waals surface area contributed by atoms with Crippen molar-refractivity contribution in [2.24, 2.45) is 0 Å². The lowest BCUT2D eigenvalue weighted by Gasteiger charge is -2.26. The predicted octanol–water partition coefficient (Wildman–Crippen LogP) is 5.33. The molecule has 0 unspecified atom stereocenters. The summed E-state index contributed by atoms with van der Waals surface area (Å²) >= 11 is 1.92. The zero-order chi connectivity index (χ0) is 17.8. The van der Waals surface area contributed by atoms with Gasteiger partial charge in [0.05, 0.1) is 0 Å². The molecule has 0 radical (unpaired) electrons. The van der Waals surface area contributed by atoms with Crippen molar-refractivity contribution >= 4 is 28.2 Å². The Kier molecular flexibility index (Phi) is 5.42. The Balaban J connectivity index is 1.25. The van der Waals surface area contributed by atoms with Gasteiger partial charge in [0.2, 0.25) is 0 Å². The summed E-state index contributed by atoms with van der Waals surface area (Å²) in [5.41, 5.74) is 5.02. The fourth-order valence-electron chi connectivity index (χ4n) is 3.47. The van der Waals surface area contributed by atoms with Crippen molar-refractivity contribution in [1.82, 2.24) is 9.88 Å². The van der Waals surface area contributed by atoms with Gasteiger partial charge in [-0.25, -0.2) is 4.39 Å². The molecule has 0 atom stereocenters. The molecule has 0 aliphatic carbocycles. The Morgan fingerprint density at radius 1 is 1.12 bits per heavy atom. The zero-order valence-corrected chi connectivity index (χ0v) is 15.6. The summed E-state index contributed by atoms with van der Waals surface area (Å²) in [6.07, 6.45) is 5.50. The number of nitrogens with one attached hydrogen (secondary N) is 1. The lowest BCUT2D eigenvalue weighted by molar-refractivity contribution is 0.321. The van der Waals surface area contributed by atoms with Gasteiger partial charge in [0, 0.05) is 48.2 Å². The molecule has 4 rings (SSSR count). The molecule has 0 fully saturated rings. The monoisotopic (exact) mass is 366 g/mol. The summed E-state index contributed by atoms with van der Waals surface area (Å²) in [5.74, 6) is 1.84. The number of benzene rings is 2. The highest BCUT2D eigenvalue weighted by Gasteiger charge is 2.12. The molecule has 1 aliphatic rings. The summed E-state index contributed by atoms with van der Waals surface area (Å²) in [4.78, 5) is 5.74. The molecule has 0 amide bonds. The van der Waals surface area contributed by atoms with Crippen LogP contribution in [0.4, 0.5) is 4.39 Å². The van der Waals surface area contributed by atoms with Crippen LogP contribution in [0, 0.1) is 5.82 Å². The summed E-state index contributed by atoms with van der Waals surface area (Å²) in [7, 11) is 0. The summed E-state index contributed by atoms with van der Waals surface area (Å²) in [5, 5.41) is 1.01. The van der Waals surface area contributed by atoms with Crippen LogP contribution in [0.2, 0.25) is 0 Å². The van der Waals surface area contributed by atoms with Gasteiger partial charge in [-0.2, -0.15) is 11.8 Å². The molecule has 2 heterocycles. The molecule has 2 aromatic carbocycles. The molecule has 0 saturated carbocycles. The maximum absolute atomic E-state index is 13.4. The first-order valence-electron chi connectivity index (χ1n) is 9.10.